The van der Waals surface area contributed by atoms with Gasteiger partial charge < -0.3 is 10.3 Å². The molecule has 0 atom stereocenters. The molecule has 4 heteroatoms. The summed E-state index contributed by atoms with van der Waals surface area (Å²) in [6.07, 6.45) is 7.77. The molecule has 3 rings (SSSR count). The smallest absolute Gasteiger partial charge is 0.261 e. The summed E-state index contributed by atoms with van der Waals surface area (Å²) in [5.74, 6) is -0.356. The largest absolute Gasteiger partial charge is 0.361 e. The van der Waals surface area contributed by atoms with Gasteiger partial charge in [0, 0.05) is 23.6 Å². The minimum atomic E-state index is -0.356. The zero-order valence-electron chi connectivity index (χ0n) is 14.3. The zero-order valence-corrected chi connectivity index (χ0v) is 14.3. The molecule has 128 valence electrons. The minimum Gasteiger partial charge on any atom is -0.361 e. The van der Waals surface area contributed by atoms with Crippen LogP contribution < -0.4 is 5.32 Å². The summed E-state index contributed by atoms with van der Waals surface area (Å²) in [6, 6.07) is 19.7. The monoisotopic (exact) mass is 341 g/mol. The number of hydrogen-bond donors (Lipinski definition) is 2. The van der Waals surface area contributed by atoms with Crippen molar-refractivity contribution in [3.63, 3.8) is 0 Å². The Balaban J connectivity index is 1.57. The standard InChI is InChI=1S/C22H19N3O/c23-15-18(10-6-9-17-7-2-1-3-8-17)22(26)24-14-13-19-16-25-21-12-5-4-11-20(19)21/h1-12,16,25H,13-14H2,(H,24,26)/b9-6+,18-10+. The molecule has 0 aliphatic rings. The van der Waals surface area contributed by atoms with Crippen LogP contribution in [0.2, 0.25) is 0 Å². The number of fused-ring (bicyclic) bond motifs is 1. The van der Waals surface area contributed by atoms with Gasteiger partial charge in [0.15, 0.2) is 0 Å². The summed E-state index contributed by atoms with van der Waals surface area (Å²) in [4.78, 5) is 15.4. The second-order valence-electron chi connectivity index (χ2n) is 5.83. The molecule has 1 aromatic heterocycles. The average molecular weight is 341 g/mol. The van der Waals surface area contributed by atoms with Gasteiger partial charge in [-0.1, -0.05) is 60.7 Å². The van der Waals surface area contributed by atoms with Crippen molar-refractivity contribution in [1.82, 2.24) is 10.3 Å². The fourth-order valence-corrected chi connectivity index (χ4v) is 2.73. The van der Waals surface area contributed by atoms with Crippen LogP contribution in [0.4, 0.5) is 0 Å². The molecule has 3 aromatic rings. The first kappa shape index (κ1) is 17.2. The molecule has 0 aliphatic heterocycles. The van der Waals surface area contributed by atoms with Crippen LogP contribution in [0, 0.1) is 11.3 Å². The van der Waals surface area contributed by atoms with E-state index in [0.29, 0.717) is 13.0 Å². The molecule has 0 unspecified atom stereocenters. The van der Waals surface area contributed by atoms with Gasteiger partial charge in [-0.15, -0.1) is 0 Å². The van der Waals surface area contributed by atoms with Gasteiger partial charge in [0.1, 0.15) is 11.6 Å². The summed E-state index contributed by atoms with van der Waals surface area (Å²) in [5.41, 5.74) is 3.33. The van der Waals surface area contributed by atoms with Crippen LogP contribution in [0.5, 0.6) is 0 Å². The van der Waals surface area contributed by atoms with E-state index >= 15 is 0 Å². The van der Waals surface area contributed by atoms with Crippen LogP contribution in [0.1, 0.15) is 11.1 Å². The highest BCUT2D eigenvalue weighted by atomic mass is 16.1. The van der Waals surface area contributed by atoms with Gasteiger partial charge in [-0.25, -0.2) is 0 Å². The number of aromatic amines is 1. The van der Waals surface area contributed by atoms with E-state index in [9.17, 15) is 10.1 Å². The van der Waals surface area contributed by atoms with Crippen LogP contribution in [0.25, 0.3) is 17.0 Å². The predicted octanol–water partition coefficient (Wildman–Crippen LogP) is 3.99. The van der Waals surface area contributed by atoms with Gasteiger partial charge in [0.05, 0.1) is 0 Å². The molecule has 0 saturated heterocycles. The highest BCUT2D eigenvalue weighted by Crippen LogP contribution is 2.17. The molecule has 0 fully saturated rings. The lowest BCUT2D eigenvalue weighted by molar-refractivity contribution is -0.117. The number of allylic oxidation sites excluding steroid dienone is 2. The number of para-hydroxylation sites is 1. The molecule has 26 heavy (non-hydrogen) atoms. The van der Waals surface area contributed by atoms with E-state index in [4.69, 9.17) is 0 Å². The Morgan fingerprint density at radius 2 is 1.88 bits per heavy atom. The molecular weight excluding hydrogens is 322 g/mol. The Morgan fingerprint density at radius 3 is 2.69 bits per heavy atom. The number of benzene rings is 2. The Morgan fingerprint density at radius 1 is 1.12 bits per heavy atom. The van der Waals surface area contributed by atoms with Gasteiger partial charge in [0.2, 0.25) is 0 Å². The number of carbonyl (C=O) groups is 1. The molecule has 2 N–H and O–H groups in total. The molecule has 0 radical (unpaired) electrons. The quantitative estimate of drug-likeness (QED) is 0.404. The van der Waals surface area contributed by atoms with Crippen LogP contribution in [0.15, 0.2) is 78.5 Å². The van der Waals surface area contributed by atoms with Crippen LogP contribution >= 0.6 is 0 Å². The molecule has 1 heterocycles. The molecular formula is C22H19N3O. The van der Waals surface area contributed by atoms with E-state index in [1.807, 2.05) is 66.9 Å². The van der Waals surface area contributed by atoms with Crippen molar-refractivity contribution in [2.24, 2.45) is 0 Å². The second kappa shape index (κ2) is 8.50. The number of rotatable bonds is 6. The van der Waals surface area contributed by atoms with Crippen molar-refractivity contribution in [2.45, 2.75) is 6.42 Å². The summed E-state index contributed by atoms with van der Waals surface area (Å²) in [6.45, 7) is 0.474. The second-order valence-corrected chi connectivity index (χ2v) is 5.83. The Kier molecular flexibility index (Phi) is 5.64. The summed E-state index contributed by atoms with van der Waals surface area (Å²) in [5, 5.41) is 13.2. The van der Waals surface area contributed by atoms with Crippen LogP contribution in [-0.4, -0.2) is 17.4 Å². The lowest BCUT2D eigenvalue weighted by Crippen LogP contribution is -2.26. The van der Waals surface area contributed by atoms with Gasteiger partial charge in [0.25, 0.3) is 5.91 Å². The maximum absolute atomic E-state index is 12.2. The van der Waals surface area contributed by atoms with E-state index < -0.39 is 0 Å². The molecule has 2 aromatic carbocycles. The van der Waals surface area contributed by atoms with E-state index in [1.54, 1.807) is 6.08 Å². The summed E-state index contributed by atoms with van der Waals surface area (Å²) < 4.78 is 0. The first-order valence-corrected chi connectivity index (χ1v) is 8.44. The van der Waals surface area contributed by atoms with Gasteiger partial charge in [-0.2, -0.15) is 5.26 Å². The van der Waals surface area contributed by atoms with E-state index in [2.05, 4.69) is 16.4 Å². The number of nitrogens with zero attached hydrogens (tertiary/aromatic N) is 1. The number of H-pyrrole nitrogens is 1. The third-order valence-electron chi connectivity index (χ3n) is 4.07. The molecule has 1 amide bonds. The van der Waals surface area contributed by atoms with Crippen molar-refractivity contribution in [3.05, 3.63) is 89.6 Å². The highest BCUT2D eigenvalue weighted by Gasteiger charge is 2.08. The van der Waals surface area contributed by atoms with Gasteiger partial charge in [-0.3, -0.25) is 4.79 Å². The zero-order chi connectivity index (χ0) is 18.2. The first-order chi connectivity index (χ1) is 12.8. The Hall–Kier alpha value is -3.58. The van der Waals surface area contributed by atoms with Gasteiger partial charge >= 0.3 is 0 Å². The Bertz CT molecular complexity index is 991. The molecule has 0 spiro atoms. The third kappa shape index (κ3) is 4.28. The highest BCUT2D eigenvalue weighted by molar-refractivity contribution is 5.97. The van der Waals surface area contributed by atoms with E-state index in [0.717, 1.165) is 22.0 Å². The minimum absolute atomic E-state index is 0.0936. The molecule has 4 nitrogen and oxygen atoms in total. The van der Waals surface area contributed by atoms with Crippen molar-refractivity contribution in [2.75, 3.05) is 6.54 Å². The number of nitrogens with one attached hydrogen (secondary N) is 2. The van der Waals surface area contributed by atoms with Gasteiger partial charge in [-0.05, 0) is 29.7 Å². The van der Waals surface area contributed by atoms with Crippen molar-refractivity contribution >= 4 is 22.9 Å². The van der Waals surface area contributed by atoms with E-state index in [1.165, 1.54) is 6.08 Å². The normalized spacial score (nSPS) is 11.6. The lowest BCUT2D eigenvalue weighted by Gasteiger charge is -2.03. The molecule has 0 aliphatic carbocycles. The van der Waals surface area contributed by atoms with Crippen molar-refractivity contribution < 1.29 is 4.79 Å². The van der Waals surface area contributed by atoms with Crippen molar-refractivity contribution in [3.8, 4) is 6.07 Å². The SMILES string of the molecule is N#C/C(=C\C=C\c1ccccc1)C(=O)NCCc1c[nH]c2ccccc12. The number of hydrogen-bond acceptors (Lipinski definition) is 2. The predicted molar refractivity (Wildman–Crippen MR) is 104 cm³/mol. The lowest BCUT2D eigenvalue weighted by atomic mass is 10.1. The number of aromatic nitrogens is 1. The third-order valence-corrected chi connectivity index (χ3v) is 4.07. The molecule has 0 bridgehead atoms. The maximum atomic E-state index is 12.2. The maximum Gasteiger partial charge on any atom is 0.261 e. The number of nitriles is 1. The van der Waals surface area contributed by atoms with Crippen molar-refractivity contribution in [1.29, 1.82) is 5.26 Å². The number of amides is 1. The van der Waals surface area contributed by atoms with E-state index in [-0.39, 0.29) is 11.5 Å². The average Bonchev–Trinajstić information content (AvgIpc) is 3.09. The fraction of sp³-hybridized carbons (Fsp3) is 0.0909. The topological polar surface area (TPSA) is 68.7 Å². The first-order valence-electron chi connectivity index (χ1n) is 8.44. The van der Waals surface area contributed by atoms with Crippen LogP contribution in [0.3, 0.4) is 0 Å². The molecule has 0 saturated carbocycles. The Labute approximate surface area is 152 Å². The van der Waals surface area contributed by atoms with Crippen LogP contribution in [-0.2, 0) is 11.2 Å². The fourth-order valence-electron chi connectivity index (χ4n) is 2.73. The number of carbonyl (C=O) groups excluding carboxylic acids is 1. The summed E-state index contributed by atoms with van der Waals surface area (Å²) in [7, 11) is 0. The summed E-state index contributed by atoms with van der Waals surface area (Å²) >= 11 is 0.